The molecule has 7 heteroatoms. The van der Waals surface area contributed by atoms with Gasteiger partial charge in [0, 0.05) is 18.7 Å². The fraction of sp³-hybridized carbons (Fsp3) is 0.455. The van der Waals surface area contributed by atoms with Crippen molar-refractivity contribution >= 4 is 21.6 Å². The van der Waals surface area contributed by atoms with Crippen LogP contribution in [0.4, 0.5) is 0 Å². The maximum absolute atomic E-state index is 11.4. The van der Waals surface area contributed by atoms with Crippen LogP contribution in [-0.2, 0) is 14.8 Å². The van der Waals surface area contributed by atoms with Gasteiger partial charge >= 0.3 is 0 Å². The Bertz CT molecular complexity index is 447. The minimum absolute atomic E-state index is 0.0511. The summed E-state index contributed by atoms with van der Waals surface area (Å²) in [7, 11) is -1.82. The van der Waals surface area contributed by atoms with Gasteiger partial charge in [0.25, 0.3) is 0 Å². The van der Waals surface area contributed by atoms with E-state index in [0.717, 1.165) is 0 Å². The first-order valence-corrected chi connectivity index (χ1v) is 7.41. The zero-order valence-corrected chi connectivity index (χ0v) is 11.6. The smallest absolute Gasteiger partial charge is 0.213 e. The van der Waals surface area contributed by atoms with Crippen molar-refractivity contribution in [2.24, 2.45) is 0 Å². The molecule has 1 N–H and O–H groups in total. The molecule has 18 heavy (non-hydrogen) atoms. The number of sulfonamides is 1. The lowest BCUT2D eigenvalue weighted by molar-refractivity contribution is 0.216. The Morgan fingerprint density at radius 1 is 1.22 bits per heavy atom. The van der Waals surface area contributed by atoms with Gasteiger partial charge in [-0.1, -0.05) is 11.6 Å². The van der Waals surface area contributed by atoms with Gasteiger partial charge in [0.2, 0.25) is 10.0 Å². The van der Waals surface area contributed by atoms with Gasteiger partial charge in [-0.2, -0.15) is 0 Å². The normalized spacial score (nSPS) is 11.4. The Balaban J connectivity index is 2.24. The van der Waals surface area contributed by atoms with Gasteiger partial charge in [0.1, 0.15) is 12.4 Å². The Hall–Kier alpha value is -0.820. The van der Waals surface area contributed by atoms with Crippen LogP contribution < -0.4 is 9.46 Å². The summed E-state index contributed by atoms with van der Waals surface area (Å²) < 4.78 is 35.2. The minimum Gasteiger partial charge on any atom is -0.492 e. The monoisotopic (exact) mass is 293 g/mol. The van der Waals surface area contributed by atoms with E-state index in [-0.39, 0.29) is 25.5 Å². The maximum Gasteiger partial charge on any atom is 0.213 e. The molecule has 0 atom stereocenters. The van der Waals surface area contributed by atoms with Gasteiger partial charge in [0.15, 0.2) is 0 Å². The van der Waals surface area contributed by atoms with Crippen molar-refractivity contribution in [3.8, 4) is 5.75 Å². The van der Waals surface area contributed by atoms with E-state index < -0.39 is 10.0 Å². The molecule has 0 aliphatic heterocycles. The van der Waals surface area contributed by atoms with Crippen LogP contribution in [0.15, 0.2) is 24.3 Å². The molecule has 5 nitrogen and oxygen atoms in total. The van der Waals surface area contributed by atoms with Crippen LogP contribution in [-0.4, -0.2) is 41.0 Å². The molecule has 0 heterocycles. The third-order valence-corrected chi connectivity index (χ3v) is 3.66. The van der Waals surface area contributed by atoms with E-state index in [9.17, 15) is 8.42 Å². The molecule has 0 amide bonds. The topological polar surface area (TPSA) is 64.6 Å². The van der Waals surface area contributed by atoms with Crippen LogP contribution >= 0.6 is 11.6 Å². The summed E-state index contributed by atoms with van der Waals surface area (Å²) in [5.41, 5.74) is 0. The maximum atomic E-state index is 11.4. The van der Waals surface area contributed by atoms with Crippen molar-refractivity contribution in [2.75, 3.05) is 32.6 Å². The number of hydrogen-bond donors (Lipinski definition) is 1. The largest absolute Gasteiger partial charge is 0.492 e. The average Bonchev–Trinajstić information content (AvgIpc) is 2.34. The number of hydrogen-bond acceptors (Lipinski definition) is 4. The molecule has 102 valence electrons. The highest BCUT2D eigenvalue weighted by molar-refractivity contribution is 7.89. The third kappa shape index (κ3) is 6.20. The fourth-order valence-electron chi connectivity index (χ4n) is 1.16. The fourth-order valence-corrected chi connectivity index (χ4v) is 2.21. The van der Waals surface area contributed by atoms with E-state index in [1.54, 1.807) is 24.3 Å². The highest BCUT2D eigenvalue weighted by Gasteiger charge is 2.08. The van der Waals surface area contributed by atoms with E-state index in [0.29, 0.717) is 10.8 Å². The predicted molar refractivity (Wildman–Crippen MR) is 70.6 cm³/mol. The number of nitrogens with one attached hydrogen (secondary N) is 1. The molecule has 0 fully saturated rings. The zero-order valence-electron chi connectivity index (χ0n) is 10.1. The lowest BCUT2D eigenvalue weighted by Gasteiger charge is -2.08. The van der Waals surface area contributed by atoms with Crippen molar-refractivity contribution in [2.45, 2.75) is 0 Å². The number of halogens is 1. The molecule has 0 saturated heterocycles. The van der Waals surface area contributed by atoms with Crippen LogP contribution in [0, 0.1) is 0 Å². The van der Waals surface area contributed by atoms with Crippen molar-refractivity contribution < 1.29 is 17.9 Å². The number of rotatable bonds is 8. The van der Waals surface area contributed by atoms with E-state index in [4.69, 9.17) is 21.1 Å². The van der Waals surface area contributed by atoms with Crippen molar-refractivity contribution in [3.05, 3.63) is 29.3 Å². The Morgan fingerprint density at radius 3 is 2.50 bits per heavy atom. The van der Waals surface area contributed by atoms with E-state index in [1.807, 2.05) is 0 Å². The van der Waals surface area contributed by atoms with Gasteiger partial charge < -0.3 is 9.47 Å². The third-order valence-electron chi connectivity index (χ3n) is 2.06. The van der Waals surface area contributed by atoms with Crippen LogP contribution in [0.2, 0.25) is 5.02 Å². The molecule has 0 aliphatic carbocycles. The summed E-state index contributed by atoms with van der Waals surface area (Å²) in [6.45, 7) is 0.649. The summed E-state index contributed by atoms with van der Waals surface area (Å²) >= 11 is 5.72. The lowest BCUT2D eigenvalue weighted by atomic mass is 10.3. The standard InChI is InChI=1S/C11H16ClNO4S/c1-16-8-9-18(14,15)13-6-7-17-11-4-2-10(12)3-5-11/h2-5,13H,6-9H2,1H3. The van der Waals surface area contributed by atoms with Crippen molar-refractivity contribution in [3.63, 3.8) is 0 Å². The van der Waals surface area contributed by atoms with Gasteiger partial charge in [-0.25, -0.2) is 13.1 Å². The van der Waals surface area contributed by atoms with Gasteiger partial charge in [0.05, 0.1) is 12.4 Å². The molecule has 0 saturated carbocycles. The Kier molecular flexibility index (Phi) is 6.42. The van der Waals surface area contributed by atoms with Crippen LogP contribution in [0.3, 0.4) is 0 Å². The van der Waals surface area contributed by atoms with Gasteiger partial charge in [-0.05, 0) is 24.3 Å². The van der Waals surface area contributed by atoms with Crippen molar-refractivity contribution in [1.29, 1.82) is 0 Å². The summed E-state index contributed by atoms with van der Waals surface area (Å²) in [6.07, 6.45) is 0. The second-order valence-electron chi connectivity index (χ2n) is 3.51. The Morgan fingerprint density at radius 2 is 1.89 bits per heavy atom. The van der Waals surface area contributed by atoms with Crippen LogP contribution in [0.1, 0.15) is 0 Å². The SMILES string of the molecule is COCCS(=O)(=O)NCCOc1ccc(Cl)cc1. The lowest BCUT2D eigenvalue weighted by Crippen LogP contribution is -2.31. The van der Waals surface area contributed by atoms with Gasteiger partial charge in [-0.3, -0.25) is 0 Å². The summed E-state index contributed by atoms with van der Waals surface area (Å²) in [4.78, 5) is 0. The molecule has 0 spiro atoms. The summed E-state index contributed by atoms with van der Waals surface area (Å²) in [6, 6.07) is 6.86. The molecule has 1 aromatic rings. The van der Waals surface area contributed by atoms with Crippen molar-refractivity contribution in [1.82, 2.24) is 4.72 Å². The van der Waals surface area contributed by atoms with E-state index >= 15 is 0 Å². The molecule has 0 aromatic heterocycles. The zero-order chi connectivity index (χ0) is 13.4. The summed E-state index contributed by atoms with van der Waals surface area (Å²) in [5.74, 6) is 0.597. The molecular formula is C11H16ClNO4S. The highest BCUT2D eigenvalue weighted by Crippen LogP contribution is 2.15. The van der Waals surface area contributed by atoms with E-state index in [2.05, 4.69) is 4.72 Å². The Labute approximate surface area is 112 Å². The second-order valence-corrected chi connectivity index (χ2v) is 5.87. The first-order chi connectivity index (χ1) is 8.53. The number of ether oxygens (including phenoxy) is 2. The minimum atomic E-state index is -3.28. The number of methoxy groups -OCH3 is 1. The molecule has 0 bridgehead atoms. The van der Waals surface area contributed by atoms with Crippen LogP contribution in [0.25, 0.3) is 0 Å². The molecule has 1 rings (SSSR count). The quantitative estimate of drug-likeness (QED) is 0.734. The van der Waals surface area contributed by atoms with E-state index in [1.165, 1.54) is 7.11 Å². The second kappa shape index (κ2) is 7.58. The average molecular weight is 294 g/mol. The summed E-state index contributed by atoms with van der Waals surface area (Å²) in [5, 5.41) is 0.627. The predicted octanol–water partition coefficient (Wildman–Crippen LogP) is 1.28. The molecular weight excluding hydrogens is 278 g/mol. The highest BCUT2D eigenvalue weighted by atomic mass is 35.5. The molecule has 0 unspecified atom stereocenters. The number of benzene rings is 1. The first kappa shape index (κ1) is 15.2. The molecule has 1 aromatic carbocycles. The first-order valence-electron chi connectivity index (χ1n) is 5.38. The molecule has 0 aliphatic rings. The molecule has 0 radical (unpaired) electrons. The van der Waals surface area contributed by atoms with Crippen LogP contribution in [0.5, 0.6) is 5.75 Å². The van der Waals surface area contributed by atoms with Gasteiger partial charge in [-0.15, -0.1) is 0 Å².